The zero-order chi connectivity index (χ0) is 10.8. The molecule has 15 heavy (non-hydrogen) atoms. The molecule has 2 aromatic rings. The second-order valence-electron chi connectivity index (χ2n) is 3.26. The first kappa shape index (κ1) is 9.57. The maximum Gasteiger partial charge on any atom is 0.171 e. The summed E-state index contributed by atoms with van der Waals surface area (Å²) in [4.78, 5) is 10.4. The number of aromatic nitrogens is 4. The number of carbonyl (C=O) groups excluding carboxylic acids is 1. The van der Waals surface area contributed by atoms with E-state index in [-0.39, 0.29) is 0 Å². The molecule has 2 rings (SSSR count). The van der Waals surface area contributed by atoms with Gasteiger partial charge in [-0.2, -0.15) is 0 Å². The van der Waals surface area contributed by atoms with Crippen LogP contribution in [-0.4, -0.2) is 26.4 Å². The third-order valence-corrected chi connectivity index (χ3v) is 2.18. The minimum Gasteiger partial charge on any atom is -0.361 e. The summed E-state index contributed by atoms with van der Waals surface area (Å²) in [6.07, 6.45) is 2.25. The van der Waals surface area contributed by atoms with E-state index >= 15 is 0 Å². The second kappa shape index (κ2) is 3.64. The molecule has 0 amide bonds. The third-order valence-electron chi connectivity index (χ3n) is 2.18. The molecule has 0 saturated carbocycles. The van der Waals surface area contributed by atoms with Gasteiger partial charge in [-0.1, -0.05) is 10.4 Å². The van der Waals surface area contributed by atoms with Gasteiger partial charge in [0, 0.05) is 5.56 Å². The van der Waals surface area contributed by atoms with Gasteiger partial charge in [-0.05, 0) is 13.8 Å². The summed E-state index contributed by atoms with van der Waals surface area (Å²) in [5.41, 5.74) is 2.12. The molecular formula is C9H10N4O2. The van der Waals surface area contributed by atoms with E-state index in [0.717, 1.165) is 17.0 Å². The normalized spacial score (nSPS) is 10.5. The van der Waals surface area contributed by atoms with Crippen LogP contribution >= 0.6 is 0 Å². The van der Waals surface area contributed by atoms with Crippen LogP contribution in [0.2, 0.25) is 0 Å². The van der Waals surface area contributed by atoms with E-state index in [4.69, 9.17) is 4.52 Å². The highest BCUT2D eigenvalue weighted by Crippen LogP contribution is 2.13. The summed E-state index contributed by atoms with van der Waals surface area (Å²) in [7, 11) is 0. The van der Waals surface area contributed by atoms with Crippen molar-refractivity contribution < 1.29 is 9.32 Å². The molecule has 6 heteroatoms. The molecule has 0 spiro atoms. The predicted octanol–water partition coefficient (Wildman–Crippen LogP) is 0.744. The van der Waals surface area contributed by atoms with Crippen LogP contribution in [0.1, 0.15) is 27.5 Å². The third kappa shape index (κ3) is 1.78. The van der Waals surface area contributed by atoms with E-state index in [0.29, 0.717) is 18.5 Å². The number of carbonyl (C=O) groups is 1. The van der Waals surface area contributed by atoms with Gasteiger partial charge in [0.05, 0.1) is 18.4 Å². The van der Waals surface area contributed by atoms with Crippen molar-refractivity contribution in [2.45, 2.75) is 20.4 Å². The Hall–Kier alpha value is -1.98. The first-order valence-electron chi connectivity index (χ1n) is 4.47. The highest BCUT2D eigenvalue weighted by atomic mass is 16.5. The SMILES string of the molecule is Cc1noc(C)c1Cn1cc(C=O)nn1. The summed E-state index contributed by atoms with van der Waals surface area (Å²) in [5.74, 6) is 0.760. The van der Waals surface area contributed by atoms with Crippen molar-refractivity contribution in [3.05, 3.63) is 28.9 Å². The number of rotatable bonds is 3. The van der Waals surface area contributed by atoms with Crippen LogP contribution in [0.4, 0.5) is 0 Å². The van der Waals surface area contributed by atoms with Gasteiger partial charge >= 0.3 is 0 Å². The molecule has 0 radical (unpaired) electrons. The van der Waals surface area contributed by atoms with Crippen molar-refractivity contribution in [1.29, 1.82) is 0 Å². The van der Waals surface area contributed by atoms with Crippen LogP contribution in [-0.2, 0) is 6.54 Å². The van der Waals surface area contributed by atoms with Crippen LogP contribution in [0.25, 0.3) is 0 Å². The number of aldehydes is 1. The lowest BCUT2D eigenvalue weighted by Crippen LogP contribution is -2.02. The molecule has 0 fully saturated rings. The van der Waals surface area contributed by atoms with Crippen molar-refractivity contribution in [2.24, 2.45) is 0 Å². The van der Waals surface area contributed by atoms with E-state index in [1.54, 1.807) is 10.9 Å². The Morgan fingerprint density at radius 2 is 2.33 bits per heavy atom. The molecule has 0 saturated heterocycles. The van der Waals surface area contributed by atoms with Gasteiger partial charge in [-0.15, -0.1) is 5.10 Å². The van der Waals surface area contributed by atoms with Crippen molar-refractivity contribution >= 4 is 6.29 Å². The highest BCUT2D eigenvalue weighted by Gasteiger charge is 2.10. The van der Waals surface area contributed by atoms with Crippen LogP contribution in [0.3, 0.4) is 0 Å². The zero-order valence-corrected chi connectivity index (χ0v) is 8.47. The van der Waals surface area contributed by atoms with Gasteiger partial charge in [0.15, 0.2) is 6.29 Å². The van der Waals surface area contributed by atoms with Crippen molar-refractivity contribution in [3.8, 4) is 0 Å². The molecule has 0 atom stereocenters. The van der Waals surface area contributed by atoms with E-state index in [1.165, 1.54) is 0 Å². The largest absolute Gasteiger partial charge is 0.361 e. The van der Waals surface area contributed by atoms with Gasteiger partial charge < -0.3 is 4.52 Å². The molecule has 0 aliphatic heterocycles. The second-order valence-corrected chi connectivity index (χ2v) is 3.26. The topological polar surface area (TPSA) is 73.8 Å². The van der Waals surface area contributed by atoms with Gasteiger partial charge in [-0.3, -0.25) is 4.79 Å². The van der Waals surface area contributed by atoms with E-state index < -0.39 is 0 Å². The van der Waals surface area contributed by atoms with Crippen LogP contribution in [0.15, 0.2) is 10.7 Å². The molecule has 2 heterocycles. The number of hydrogen-bond donors (Lipinski definition) is 0. The fourth-order valence-electron chi connectivity index (χ4n) is 1.33. The summed E-state index contributed by atoms with van der Waals surface area (Å²) in [6, 6.07) is 0. The molecule has 0 bridgehead atoms. The molecule has 0 aliphatic rings. The summed E-state index contributed by atoms with van der Waals surface area (Å²) in [6.45, 7) is 4.22. The fraction of sp³-hybridized carbons (Fsp3) is 0.333. The van der Waals surface area contributed by atoms with Crippen LogP contribution < -0.4 is 0 Å². The molecule has 2 aromatic heterocycles. The minimum absolute atomic E-state index is 0.321. The monoisotopic (exact) mass is 206 g/mol. The van der Waals surface area contributed by atoms with E-state index in [2.05, 4.69) is 15.5 Å². The standard InChI is InChI=1S/C9H10N4O2/c1-6-9(7(2)15-11-6)4-13-3-8(5-14)10-12-13/h3,5H,4H2,1-2H3. The lowest BCUT2D eigenvalue weighted by atomic mass is 10.2. The Labute approximate surface area is 85.9 Å². The van der Waals surface area contributed by atoms with Crippen molar-refractivity contribution in [1.82, 2.24) is 20.2 Å². The lowest BCUT2D eigenvalue weighted by Gasteiger charge is -1.98. The summed E-state index contributed by atoms with van der Waals surface area (Å²) < 4.78 is 6.60. The average Bonchev–Trinajstić information content (AvgIpc) is 2.80. The lowest BCUT2D eigenvalue weighted by molar-refractivity contribution is 0.111. The smallest absolute Gasteiger partial charge is 0.171 e. The maximum absolute atomic E-state index is 10.4. The van der Waals surface area contributed by atoms with Crippen molar-refractivity contribution in [2.75, 3.05) is 0 Å². The van der Waals surface area contributed by atoms with Crippen LogP contribution in [0, 0.1) is 13.8 Å². The quantitative estimate of drug-likeness (QED) is 0.692. The van der Waals surface area contributed by atoms with E-state index in [9.17, 15) is 4.79 Å². The Balaban J connectivity index is 2.25. The first-order valence-corrected chi connectivity index (χ1v) is 4.47. The average molecular weight is 206 g/mol. The first-order chi connectivity index (χ1) is 7.20. The Morgan fingerprint density at radius 3 is 2.87 bits per heavy atom. The molecule has 6 nitrogen and oxygen atoms in total. The molecule has 78 valence electrons. The van der Waals surface area contributed by atoms with Gasteiger partial charge in [0.1, 0.15) is 11.5 Å². The van der Waals surface area contributed by atoms with Gasteiger partial charge in [0.25, 0.3) is 0 Å². The number of nitrogens with zero attached hydrogens (tertiary/aromatic N) is 4. The molecule has 0 unspecified atom stereocenters. The number of aryl methyl sites for hydroxylation is 2. The van der Waals surface area contributed by atoms with Crippen molar-refractivity contribution in [3.63, 3.8) is 0 Å². The summed E-state index contributed by atoms with van der Waals surface area (Å²) in [5, 5.41) is 11.3. The minimum atomic E-state index is 0.321. The molecule has 0 aliphatic carbocycles. The zero-order valence-electron chi connectivity index (χ0n) is 8.47. The molecule has 0 aromatic carbocycles. The van der Waals surface area contributed by atoms with Gasteiger partial charge in [0.2, 0.25) is 0 Å². The van der Waals surface area contributed by atoms with Crippen LogP contribution in [0.5, 0.6) is 0 Å². The Kier molecular flexibility index (Phi) is 2.32. The molecular weight excluding hydrogens is 196 g/mol. The predicted molar refractivity (Wildman–Crippen MR) is 50.5 cm³/mol. The van der Waals surface area contributed by atoms with E-state index in [1.807, 2.05) is 13.8 Å². The molecule has 0 N–H and O–H groups in total. The Morgan fingerprint density at radius 1 is 1.53 bits per heavy atom. The number of hydrogen-bond acceptors (Lipinski definition) is 5. The fourth-order valence-corrected chi connectivity index (χ4v) is 1.33. The highest BCUT2D eigenvalue weighted by molar-refractivity contribution is 5.70. The van der Waals surface area contributed by atoms with Gasteiger partial charge in [-0.25, -0.2) is 4.68 Å². The summed E-state index contributed by atoms with van der Waals surface area (Å²) >= 11 is 0. The Bertz CT molecular complexity index is 467. The maximum atomic E-state index is 10.4.